The van der Waals surface area contributed by atoms with Crippen molar-refractivity contribution in [1.29, 1.82) is 5.26 Å². The number of phenolic OH excluding ortho intramolecular Hbond substituents is 1. The van der Waals surface area contributed by atoms with E-state index in [9.17, 15) is 19.6 Å². The maximum absolute atomic E-state index is 13.8. The average Bonchev–Trinajstić information content (AvgIpc) is 2.74. The van der Waals surface area contributed by atoms with Crippen LogP contribution in [0.5, 0.6) is 11.5 Å². The van der Waals surface area contributed by atoms with Gasteiger partial charge in [0.2, 0.25) is 0 Å². The zero-order chi connectivity index (χ0) is 22.4. The number of phenols is 1. The third-order valence-electron chi connectivity index (χ3n) is 4.15. The molecule has 156 valence electrons. The molecule has 2 N–H and O–H groups in total. The van der Waals surface area contributed by atoms with Crippen LogP contribution in [0.3, 0.4) is 0 Å². The number of nitrogens with zero attached hydrogens (tertiary/aromatic N) is 1. The van der Waals surface area contributed by atoms with Crippen LogP contribution in [0.2, 0.25) is 10.0 Å². The fourth-order valence-electron chi connectivity index (χ4n) is 2.62. The van der Waals surface area contributed by atoms with Gasteiger partial charge in [-0.25, -0.2) is 4.39 Å². The second kappa shape index (κ2) is 9.98. The smallest absolute Gasteiger partial charge is 0.266 e. The normalized spacial score (nSPS) is 11.0. The van der Waals surface area contributed by atoms with E-state index >= 15 is 0 Å². The highest BCUT2D eigenvalue weighted by atomic mass is 35.5. The SMILES string of the molecule is N#C/C(=C\c1cc(Cl)c(OCc2ccccc2F)c(Cl)c1)C(=O)Nc1ccc(O)cc1. The minimum Gasteiger partial charge on any atom is -0.508 e. The van der Waals surface area contributed by atoms with Crippen molar-refractivity contribution in [1.82, 2.24) is 0 Å². The molecular formula is C23H15Cl2FN2O3. The number of nitrogens with one attached hydrogen (secondary N) is 1. The zero-order valence-electron chi connectivity index (χ0n) is 15.9. The highest BCUT2D eigenvalue weighted by molar-refractivity contribution is 6.37. The zero-order valence-corrected chi connectivity index (χ0v) is 17.4. The number of rotatable bonds is 6. The van der Waals surface area contributed by atoms with E-state index in [2.05, 4.69) is 5.32 Å². The molecule has 3 aromatic carbocycles. The summed E-state index contributed by atoms with van der Waals surface area (Å²) in [6.45, 7) is -0.0697. The van der Waals surface area contributed by atoms with E-state index < -0.39 is 11.7 Å². The molecule has 1 amide bonds. The second-order valence-electron chi connectivity index (χ2n) is 6.36. The van der Waals surface area contributed by atoms with Gasteiger partial charge in [-0.1, -0.05) is 41.4 Å². The van der Waals surface area contributed by atoms with Gasteiger partial charge in [-0.15, -0.1) is 0 Å². The molecule has 5 nitrogen and oxygen atoms in total. The Hall–Kier alpha value is -3.53. The lowest BCUT2D eigenvalue weighted by Crippen LogP contribution is -2.13. The molecule has 8 heteroatoms. The summed E-state index contributed by atoms with van der Waals surface area (Å²) in [6, 6.07) is 16.8. The van der Waals surface area contributed by atoms with Crippen molar-refractivity contribution in [2.45, 2.75) is 6.61 Å². The predicted molar refractivity (Wildman–Crippen MR) is 118 cm³/mol. The van der Waals surface area contributed by atoms with E-state index in [4.69, 9.17) is 27.9 Å². The number of hydrogen-bond donors (Lipinski definition) is 2. The monoisotopic (exact) mass is 456 g/mol. The van der Waals surface area contributed by atoms with Gasteiger partial charge in [-0.05, 0) is 54.1 Å². The molecule has 0 spiro atoms. The first-order valence-corrected chi connectivity index (χ1v) is 9.70. The molecule has 0 saturated carbocycles. The van der Waals surface area contributed by atoms with Crippen LogP contribution in [0.25, 0.3) is 6.08 Å². The van der Waals surface area contributed by atoms with E-state index in [-0.39, 0.29) is 33.7 Å². The number of carbonyl (C=O) groups excluding carboxylic acids is 1. The molecular weight excluding hydrogens is 442 g/mol. The van der Waals surface area contributed by atoms with Gasteiger partial charge in [0.15, 0.2) is 5.75 Å². The van der Waals surface area contributed by atoms with Crippen LogP contribution in [0.4, 0.5) is 10.1 Å². The maximum atomic E-state index is 13.8. The molecule has 0 heterocycles. The van der Waals surface area contributed by atoms with E-state index in [0.29, 0.717) is 16.8 Å². The number of nitriles is 1. The topological polar surface area (TPSA) is 82.3 Å². The van der Waals surface area contributed by atoms with Gasteiger partial charge in [0.05, 0.1) is 10.0 Å². The number of benzene rings is 3. The van der Waals surface area contributed by atoms with Crippen molar-refractivity contribution < 1.29 is 19.0 Å². The van der Waals surface area contributed by atoms with Crippen LogP contribution in [-0.4, -0.2) is 11.0 Å². The summed E-state index contributed by atoms with van der Waals surface area (Å²) in [5.74, 6) is -0.834. The van der Waals surface area contributed by atoms with Crippen molar-refractivity contribution in [2.24, 2.45) is 0 Å². The highest BCUT2D eigenvalue weighted by Gasteiger charge is 2.14. The van der Waals surface area contributed by atoms with Crippen LogP contribution < -0.4 is 10.1 Å². The Bertz CT molecular complexity index is 1170. The highest BCUT2D eigenvalue weighted by Crippen LogP contribution is 2.35. The number of aromatic hydroxyl groups is 1. The lowest BCUT2D eigenvalue weighted by atomic mass is 10.1. The molecule has 0 atom stereocenters. The fourth-order valence-corrected chi connectivity index (χ4v) is 3.24. The second-order valence-corrected chi connectivity index (χ2v) is 7.18. The number of amides is 1. The lowest BCUT2D eigenvalue weighted by Gasteiger charge is -2.11. The van der Waals surface area contributed by atoms with Crippen molar-refractivity contribution in [2.75, 3.05) is 5.32 Å². The first-order chi connectivity index (χ1) is 14.9. The minimum atomic E-state index is -0.639. The van der Waals surface area contributed by atoms with Gasteiger partial charge in [-0.2, -0.15) is 5.26 Å². The van der Waals surface area contributed by atoms with Gasteiger partial charge >= 0.3 is 0 Å². The molecule has 3 rings (SSSR count). The Kier molecular flexibility index (Phi) is 7.14. The first kappa shape index (κ1) is 22.2. The molecule has 0 fully saturated rings. The summed E-state index contributed by atoms with van der Waals surface area (Å²) < 4.78 is 19.3. The Labute approximate surface area is 187 Å². The first-order valence-electron chi connectivity index (χ1n) is 8.95. The standard InChI is InChI=1S/C23H15Cl2FN2O3/c24-19-10-14(9-16(12-27)23(30)28-17-5-7-18(29)8-6-17)11-20(25)22(19)31-13-15-3-1-2-4-21(15)26/h1-11,29H,13H2,(H,28,30)/b16-9+. The van der Waals surface area contributed by atoms with Gasteiger partial charge in [0.1, 0.15) is 29.8 Å². The molecule has 0 aliphatic carbocycles. The summed E-state index contributed by atoms with van der Waals surface area (Å²) >= 11 is 12.5. The van der Waals surface area contributed by atoms with Crippen LogP contribution in [0, 0.1) is 17.1 Å². The van der Waals surface area contributed by atoms with Crippen LogP contribution in [0.15, 0.2) is 66.2 Å². The summed E-state index contributed by atoms with van der Waals surface area (Å²) in [6.07, 6.45) is 1.33. The molecule has 0 saturated heterocycles. The predicted octanol–water partition coefficient (Wildman–Crippen LogP) is 5.96. The number of carbonyl (C=O) groups is 1. The summed E-state index contributed by atoms with van der Waals surface area (Å²) in [7, 11) is 0. The quantitative estimate of drug-likeness (QED) is 0.272. The summed E-state index contributed by atoms with van der Waals surface area (Å²) in [5, 5.41) is 21.5. The maximum Gasteiger partial charge on any atom is 0.266 e. The van der Waals surface area contributed by atoms with Crippen molar-refractivity contribution in [3.05, 3.63) is 93.2 Å². The van der Waals surface area contributed by atoms with E-state index in [1.165, 1.54) is 48.5 Å². The van der Waals surface area contributed by atoms with E-state index in [0.717, 1.165) is 0 Å². The van der Waals surface area contributed by atoms with Crippen molar-refractivity contribution >= 4 is 40.9 Å². The molecule has 0 bridgehead atoms. The molecule has 3 aromatic rings. The molecule has 0 aliphatic heterocycles. The molecule has 31 heavy (non-hydrogen) atoms. The molecule has 0 radical (unpaired) electrons. The number of hydrogen-bond acceptors (Lipinski definition) is 4. The van der Waals surface area contributed by atoms with Crippen LogP contribution in [0.1, 0.15) is 11.1 Å². The van der Waals surface area contributed by atoms with E-state index in [1.54, 1.807) is 18.2 Å². The van der Waals surface area contributed by atoms with Crippen molar-refractivity contribution in [3.8, 4) is 17.6 Å². The third-order valence-corrected chi connectivity index (χ3v) is 4.71. The van der Waals surface area contributed by atoms with Gasteiger partial charge in [-0.3, -0.25) is 4.79 Å². The number of anilines is 1. The van der Waals surface area contributed by atoms with E-state index in [1.807, 2.05) is 6.07 Å². The molecule has 0 unspecified atom stereocenters. The van der Waals surface area contributed by atoms with Gasteiger partial charge in [0.25, 0.3) is 5.91 Å². The van der Waals surface area contributed by atoms with Gasteiger partial charge < -0.3 is 15.2 Å². The fraction of sp³-hybridized carbons (Fsp3) is 0.0435. The van der Waals surface area contributed by atoms with Crippen molar-refractivity contribution in [3.63, 3.8) is 0 Å². The average molecular weight is 457 g/mol. The van der Waals surface area contributed by atoms with Crippen LogP contribution >= 0.6 is 23.2 Å². The molecule has 0 aliphatic rings. The Morgan fingerprint density at radius 2 is 1.77 bits per heavy atom. The molecule has 0 aromatic heterocycles. The summed E-state index contributed by atoms with van der Waals surface area (Å²) in [4.78, 5) is 12.4. The lowest BCUT2D eigenvalue weighted by molar-refractivity contribution is -0.112. The number of ether oxygens (including phenoxy) is 1. The van der Waals surface area contributed by atoms with Gasteiger partial charge in [0, 0.05) is 11.3 Å². The number of halogens is 3. The third kappa shape index (κ3) is 5.76. The minimum absolute atomic E-state index is 0.0515. The largest absolute Gasteiger partial charge is 0.508 e. The Morgan fingerprint density at radius 1 is 1.13 bits per heavy atom. The Morgan fingerprint density at radius 3 is 2.39 bits per heavy atom. The summed E-state index contributed by atoms with van der Waals surface area (Å²) in [5.41, 5.74) is 0.985. The van der Waals surface area contributed by atoms with Crippen LogP contribution in [-0.2, 0) is 11.4 Å². The Balaban J connectivity index is 1.77.